The molecule has 0 amide bonds. The third-order valence-electron chi connectivity index (χ3n) is 8.56. The van der Waals surface area contributed by atoms with E-state index in [-0.39, 0.29) is 23.3 Å². The van der Waals surface area contributed by atoms with E-state index < -0.39 is 0 Å². The number of likely N-dealkylation sites (tertiary alicyclic amines) is 1. The van der Waals surface area contributed by atoms with Gasteiger partial charge in [-0.1, -0.05) is 39.2 Å². The molecule has 8 atom stereocenters. The minimum atomic E-state index is 0.00257. The van der Waals surface area contributed by atoms with Crippen LogP contribution >= 0.6 is 11.6 Å². The predicted molar refractivity (Wildman–Crippen MR) is 130 cm³/mol. The normalized spacial score (nSPS) is 38.9. The van der Waals surface area contributed by atoms with Crippen LogP contribution in [0.1, 0.15) is 71.6 Å². The quantitative estimate of drug-likeness (QED) is 0.252. The average molecular weight is 451 g/mol. The largest absolute Gasteiger partial charge is 0.381 e. The van der Waals surface area contributed by atoms with E-state index in [1.54, 1.807) is 0 Å². The van der Waals surface area contributed by atoms with Crippen LogP contribution in [0.4, 0.5) is 0 Å². The van der Waals surface area contributed by atoms with Crippen molar-refractivity contribution in [2.75, 3.05) is 26.7 Å². The zero-order valence-corrected chi connectivity index (χ0v) is 20.9. The standard InChI is InChI=1S/C27H45ClNO2/c1-5-19(2)23-17-26(31-4)24(18-29-14-7-6-8-15-29)20(3)27(23)25(30)13-12-21-10-9-11-22(28)16-21/h12-13,19-24,26-27H,3,5-11,14-18H2,1-2,4H3/q-1/b13-12+. The van der Waals surface area contributed by atoms with Gasteiger partial charge in [-0.25, -0.2) is 0 Å². The lowest BCUT2D eigenvalue weighted by Crippen LogP contribution is -2.51. The van der Waals surface area contributed by atoms with Crippen LogP contribution in [0.3, 0.4) is 0 Å². The molecule has 2 saturated carbocycles. The number of rotatable bonds is 8. The summed E-state index contributed by atoms with van der Waals surface area (Å²) in [5.41, 5.74) is 0. The molecule has 0 aromatic rings. The highest BCUT2D eigenvalue weighted by molar-refractivity contribution is 6.20. The van der Waals surface area contributed by atoms with Crippen molar-refractivity contribution in [1.29, 1.82) is 0 Å². The van der Waals surface area contributed by atoms with E-state index in [1.807, 2.05) is 13.2 Å². The summed E-state index contributed by atoms with van der Waals surface area (Å²) in [7, 11) is 1.85. The van der Waals surface area contributed by atoms with E-state index in [0.717, 1.165) is 38.6 Å². The molecule has 1 saturated heterocycles. The predicted octanol–water partition coefficient (Wildman–Crippen LogP) is 6.16. The maximum absolute atomic E-state index is 13.6. The molecule has 1 aliphatic heterocycles. The Kier molecular flexibility index (Phi) is 9.92. The topological polar surface area (TPSA) is 29.5 Å². The van der Waals surface area contributed by atoms with E-state index in [2.05, 4.69) is 31.7 Å². The van der Waals surface area contributed by atoms with Gasteiger partial charge in [-0.2, -0.15) is 5.92 Å². The molecule has 3 aliphatic rings. The maximum atomic E-state index is 13.6. The van der Waals surface area contributed by atoms with Crippen LogP contribution in [0, 0.1) is 42.4 Å². The monoisotopic (exact) mass is 450 g/mol. The van der Waals surface area contributed by atoms with Gasteiger partial charge in [-0.05, 0) is 81.4 Å². The maximum Gasteiger partial charge on any atom is 0.156 e. The molecule has 2 aliphatic carbocycles. The summed E-state index contributed by atoms with van der Waals surface area (Å²) in [4.78, 5) is 16.2. The van der Waals surface area contributed by atoms with Gasteiger partial charge >= 0.3 is 0 Å². The first-order valence-corrected chi connectivity index (χ1v) is 13.3. The smallest absolute Gasteiger partial charge is 0.156 e. The number of allylic oxidation sites excluding steroid dienone is 2. The summed E-state index contributed by atoms with van der Waals surface area (Å²) >= 11 is 6.38. The second-order valence-corrected chi connectivity index (χ2v) is 11.2. The van der Waals surface area contributed by atoms with Crippen molar-refractivity contribution < 1.29 is 9.53 Å². The van der Waals surface area contributed by atoms with Gasteiger partial charge in [0, 0.05) is 24.9 Å². The van der Waals surface area contributed by atoms with Gasteiger partial charge in [0.2, 0.25) is 0 Å². The fraction of sp³-hybridized carbons (Fsp3) is 0.852. The molecule has 0 aromatic heterocycles. The molecule has 0 aromatic carbocycles. The summed E-state index contributed by atoms with van der Waals surface area (Å²) < 4.78 is 6.03. The van der Waals surface area contributed by atoms with E-state index in [4.69, 9.17) is 16.3 Å². The Morgan fingerprint density at radius 1 is 1.19 bits per heavy atom. The first-order valence-electron chi connectivity index (χ1n) is 12.9. The Labute approximate surface area is 196 Å². The van der Waals surface area contributed by atoms with Crippen LogP contribution in [0.2, 0.25) is 0 Å². The fourth-order valence-electron chi connectivity index (χ4n) is 6.41. The van der Waals surface area contributed by atoms with Crippen molar-refractivity contribution in [3.05, 3.63) is 19.1 Å². The Morgan fingerprint density at radius 3 is 2.58 bits per heavy atom. The summed E-state index contributed by atoms with van der Waals surface area (Å²) in [6.07, 6.45) is 14.7. The Balaban J connectivity index is 1.76. The first-order chi connectivity index (χ1) is 14.9. The van der Waals surface area contributed by atoms with Gasteiger partial charge in [0.15, 0.2) is 5.78 Å². The zero-order chi connectivity index (χ0) is 22.4. The van der Waals surface area contributed by atoms with Crippen LogP contribution < -0.4 is 0 Å². The van der Waals surface area contributed by atoms with Gasteiger partial charge in [-0.15, -0.1) is 11.6 Å². The molecule has 3 rings (SSSR count). The van der Waals surface area contributed by atoms with Gasteiger partial charge in [0.05, 0.1) is 6.10 Å². The molecule has 0 radical (unpaired) electrons. The third kappa shape index (κ3) is 6.58. The van der Waals surface area contributed by atoms with Crippen molar-refractivity contribution in [1.82, 2.24) is 4.90 Å². The molecule has 0 N–H and O–H groups in total. The second kappa shape index (κ2) is 12.2. The number of nitrogens with zero attached hydrogens (tertiary/aromatic N) is 1. The number of carbonyl (C=O) groups is 1. The molecule has 3 fully saturated rings. The van der Waals surface area contributed by atoms with Crippen LogP contribution in [-0.4, -0.2) is 48.9 Å². The van der Waals surface area contributed by atoms with Gasteiger partial charge in [-0.3, -0.25) is 4.79 Å². The summed E-state index contributed by atoms with van der Waals surface area (Å²) in [6.45, 7) is 12.5. The molecular formula is C27H45ClNO2-. The van der Waals surface area contributed by atoms with E-state index in [9.17, 15) is 4.79 Å². The molecule has 0 spiro atoms. The lowest BCUT2D eigenvalue weighted by molar-refractivity contribution is -0.130. The number of ketones is 1. The van der Waals surface area contributed by atoms with Crippen molar-refractivity contribution in [2.45, 2.75) is 83.1 Å². The third-order valence-corrected chi connectivity index (χ3v) is 8.96. The summed E-state index contributed by atoms with van der Waals surface area (Å²) in [5.74, 6) is 2.02. The zero-order valence-electron chi connectivity index (χ0n) is 20.1. The first kappa shape index (κ1) is 25.2. The SMILES string of the molecule is [CH2-]C1C(CN2CCCCC2)C(OC)CC(C(C)CC)C1C(=O)/C=C/C1CCCC(Cl)C1. The Bertz CT molecular complexity index is 588. The molecule has 31 heavy (non-hydrogen) atoms. The minimum absolute atomic E-state index is 0.00257. The Hall–Kier alpha value is -0.380. The molecule has 3 nitrogen and oxygen atoms in total. The van der Waals surface area contributed by atoms with E-state index in [0.29, 0.717) is 29.5 Å². The van der Waals surface area contributed by atoms with Gasteiger partial charge in [0.1, 0.15) is 0 Å². The van der Waals surface area contributed by atoms with Crippen LogP contribution in [0.15, 0.2) is 12.2 Å². The number of halogens is 1. The fourth-order valence-corrected chi connectivity index (χ4v) is 6.79. The number of hydrogen-bond acceptors (Lipinski definition) is 3. The number of piperidine rings is 1. The Morgan fingerprint density at radius 2 is 1.94 bits per heavy atom. The lowest BCUT2D eigenvalue weighted by Gasteiger charge is -2.51. The molecule has 4 heteroatoms. The number of hydrogen-bond donors (Lipinski definition) is 0. The van der Waals surface area contributed by atoms with Crippen molar-refractivity contribution in [3.63, 3.8) is 0 Å². The highest BCUT2D eigenvalue weighted by Crippen LogP contribution is 2.45. The average Bonchev–Trinajstić information content (AvgIpc) is 2.78. The van der Waals surface area contributed by atoms with E-state index >= 15 is 0 Å². The van der Waals surface area contributed by atoms with Crippen LogP contribution in [0.25, 0.3) is 0 Å². The van der Waals surface area contributed by atoms with Gasteiger partial charge in [0.25, 0.3) is 0 Å². The summed E-state index contributed by atoms with van der Waals surface area (Å²) in [5, 5.41) is 0.262. The number of carbonyl (C=O) groups excluding carboxylic acids is 1. The molecular weight excluding hydrogens is 406 g/mol. The minimum Gasteiger partial charge on any atom is -0.381 e. The van der Waals surface area contributed by atoms with Gasteiger partial charge < -0.3 is 16.6 Å². The number of alkyl halides is 1. The number of methoxy groups -OCH3 is 1. The summed E-state index contributed by atoms with van der Waals surface area (Å²) in [6, 6.07) is 0. The van der Waals surface area contributed by atoms with Crippen molar-refractivity contribution >= 4 is 17.4 Å². The highest BCUT2D eigenvalue weighted by Gasteiger charge is 2.44. The highest BCUT2D eigenvalue weighted by atomic mass is 35.5. The molecule has 8 unspecified atom stereocenters. The van der Waals surface area contributed by atoms with Crippen molar-refractivity contribution in [3.8, 4) is 0 Å². The number of ether oxygens (including phenoxy) is 1. The lowest BCUT2D eigenvalue weighted by atomic mass is 9.60. The second-order valence-electron chi connectivity index (χ2n) is 10.6. The molecule has 178 valence electrons. The van der Waals surface area contributed by atoms with Crippen LogP contribution in [0.5, 0.6) is 0 Å². The molecule has 0 bridgehead atoms. The van der Waals surface area contributed by atoms with E-state index in [1.165, 1.54) is 38.8 Å². The van der Waals surface area contributed by atoms with Crippen LogP contribution in [-0.2, 0) is 9.53 Å². The van der Waals surface area contributed by atoms with Crippen molar-refractivity contribution in [2.24, 2.45) is 35.5 Å². The molecule has 1 heterocycles.